The Bertz CT molecular complexity index is 235. The van der Waals surface area contributed by atoms with Gasteiger partial charge in [-0.1, -0.05) is 6.92 Å². The van der Waals surface area contributed by atoms with E-state index in [0.29, 0.717) is 6.04 Å². The fourth-order valence-electron chi connectivity index (χ4n) is 2.44. The Balaban J connectivity index is 2.42. The molecule has 1 aliphatic heterocycles. The van der Waals surface area contributed by atoms with Crippen LogP contribution in [0.25, 0.3) is 0 Å². The van der Waals surface area contributed by atoms with Gasteiger partial charge in [0.15, 0.2) is 0 Å². The van der Waals surface area contributed by atoms with Crippen molar-refractivity contribution in [2.45, 2.75) is 32.4 Å². The molecule has 1 amide bonds. The minimum Gasteiger partial charge on any atom is -0.358 e. The van der Waals surface area contributed by atoms with Gasteiger partial charge < -0.3 is 11.1 Å². The number of hydrogen-bond donors (Lipinski definition) is 2. The van der Waals surface area contributed by atoms with Crippen molar-refractivity contribution in [3.8, 4) is 0 Å². The highest BCUT2D eigenvalue weighted by Gasteiger charge is 2.26. The summed E-state index contributed by atoms with van der Waals surface area (Å²) in [7, 11) is 1.69. The molecule has 1 saturated heterocycles. The second-order valence-electron chi connectivity index (χ2n) is 4.66. The Labute approximate surface area is 104 Å². The van der Waals surface area contributed by atoms with E-state index in [9.17, 15) is 4.79 Å². The predicted molar refractivity (Wildman–Crippen MR) is 69.8 cm³/mol. The molecule has 1 fully saturated rings. The maximum atomic E-state index is 11.6. The molecule has 100 valence electrons. The third kappa shape index (κ3) is 3.66. The van der Waals surface area contributed by atoms with Crippen molar-refractivity contribution in [3.05, 3.63) is 0 Å². The molecule has 0 aromatic heterocycles. The number of carbonyl (C=O) groups excluding carboxylic acids is 1. The van der Waals surface area contributed by atoms with Crippen molar-refractivity contribution >= 4 is 5.91 Å². The van der Waals surface area contributed by atoms with E-state index in [1.807, 2.05) is 6.92 Å². The summed E-state index contributed by atoms with van der Waals surface area (Å²) in [5, 5.41) is 2.70. The molecule has 1 aliphatic rings. The summed E-state index contributed by atoms with van der Waals surface area (Å²) < 4.78 is 0. The number of nitrogens with one attached hydrogen (secondary N) is 1. The smallest absolute Gasteiger partial charge is 0.236 e. The van der Waals surface area contributed by atoms with E-state index in [2.05, 4.69) is 22.0 Å². The lowest BCUT2D eigenvalue weighted by molar-refractivity contribution is -0.126. The van der Waals surface area contributed by atoms with Gasteiger partial charge in [-0.15, -0.1) is 0 Å². The maximum absolute atomic E-state index is 11.6. The molecule has 5 nitrogen and oxygen atoms in total. The number of rotatable bonds is 5. The second kappa shape index (κ2) is 6.93. The molecular formula is C12H26N4O. The van der Waals surface area contributed by atoms with Crippen LogP contribution < -0.4 is 11.1 Å². The largest absolute Gasteiger partial charge is 0.358 e. The number of piperazine rings is 1. The molecule has 2 atom stereocenters. The van der Waals surface area contributed by atoms with Crippen LogP contribution in [-0.2, 0) is 4.79 Å². The van der Waals surface area contributed by atoms with Crippen LogP contribution in [0, 0.1) is 0 Å². The Morgan fingerprint density at radius 2 is 1.82 bits per heavy atom. The maximum Gasteiger partial charge on any atom is 0.236 e. The van der Waals surface area contributed by atoms with Gasteiger partial charge in [0.1, 0.15) is 0 Å². The SMILES string of the molecule is CCC(CN)N1CCN(C(C)C(=O)NC)CC1. The lowest BCUT2D eigenvalue weighted by atomic mass is 10.1. The van der Waals surface area contributed by atoms with Crippen LogP contribution in [0.3, 0.4) is 0 Å². The van der Waals surface area contributed by atoms with Gasteiger partial charge in [-0.25, -0.2) is 0 Å². The topological polar surface area (TPSA) is 61.6 Å². The van der Waals surface area contributed by atoms with Gasteiger partial charge in [-0.3, -0.25) is 14.6 Å². The summed E-state index contributed by atoms with van der Waals surface area (Å²) in [4.78, 5) is 16.2. The second-order valence-corrected chi connectivity index (χ2v) is 4.66. The van der Waals surface area contributed by atoms with Crippen molar-refractivity contribution in [2.24, 2.45) is 5.73 Å². The Hall–Kier alpha value is -0.650. The molecule has 2 unspecified atom stereocenters. The molecule has 5 heteroatoms. The first-order valence-corrected chi connectivity index (χ1v) is 6.53. The van der Waals surface area contributed by atoms with E-state index in [4.69, 9.17) is 5.73 Å². The van der Waals surface area contributed by atoms with Gasteiger partial charge in [0.05, 0.1) is 6.04 Å². The fourth-order valence-corrected chi connectivity index (χ4v) is 2.44. The first-order valence-electron chi connectivity index (χ1n) is 6.53. The fraction of sp³-hybridized carbons (Fsp3) is 0.917. The lowest BCUT2D eigenvalue weighted by Crippen LogP contribution is -2.56. The van der Waals surface area contributed by atoms with Crippen LogP contribution >= 0.6 is 0 Å². The summed E-state index contributed by atoms with van der Waals surface area (Å²) in [6.45, 7) is 8.79. The normalized spacial score (nSPS) is 22.1. The van der Waals surface area contributed by atoms with E-state index in [0.717, 1.165) is 39.1 Å². The number of hydrogen-bond acceptors (Lipinski definition) is 4. The molecule has 0 aromatic carbocycles. The van der Waals surface area contributed by atoms with Crippen LogP contribution in [-0.4, -0.2) is 67.6 Å². The Kier molecular flexibility index (Phi) is 5.88. The zero-order chi connectivity index (χ0) is 12.8. The van der Waals surface area contributed by atoms with Gasteiger partial charge in [0.2, 0.25) is 5.91 Å². The number of likely N-dealkylation sites (N-methyl/N-ethyl adjacent to an activating group) is 1. The van der Waals surface area contributed by atoms with E-state index in [1.54, 1.807) is 7.05 Å². The van der Waals surface area contributed by atoms with Crippen LogP contribution in [0.4, 0.5) is 0 Å². The minimum atomic E-state index is -0.0277. The molecule has 1 heterocycles. The average molecular weight is 242 g/mol. The molecular weight excluding hydrogens is 216 g/mol. The van der Waals surface area contributed by atoms with E-state index >= 15 is 0 Å². The molecule has 0 spiro atoms. The van der Waals surface area contributed by atoms with Gasteiger partial charge in [-0.05, 0) is 13.3 Å². The first-order chi connectivity index (χ1) is 8.13. The molecule has 0 radical (unpaired) electrons. The minimum absolute atomic E-state index is 0.0277. The number of nitrogens with two attached hydrogens (primary N) is 1. The number of amides is 1. The molecule has 0 aliphatic carbocycles. The quantitative estimate of drug-likeness (QED) is 0.681. The van der Waals surface area contributed by atoms with Gasteiger partial charge in [-0.2, -0.15) is 0 Å². The third-order valence-corrected chi connectivity index (χ3v) is 3.78. The van der Waals surface area contributed by atoms with Crippen LogP contribution in [0.5, 0.6) is 0 Å². The van der Waals surface area contributed by atoms with Crippen molar-refractivity contribution in [1.29, 1.82) is 0 Å². The van der Waals surface area contributed by atoms with Crippen molar-refractivity contribution in [2.75, 3.05) is 39.8 Å². The zero-order valence-corrected chi connectivity index (χ0v) is 11.3. The lowest BCUT2D eigenvalue weighted by Gasteiger charge is -2.40. The highest BCUT2D eigenvalue weighted by molar-refractivity contribution is 5.80. The predicted octanol–water partition coefficient (Wildman–Crippen LogP) is -0.524. The molecule has 3 N–H and O–H groups in total. The molecule has 0 bridgehead atoms. The van der Waals surface area contributed by atoms with Gasteiger partial charge in [0.25, 0.3) is 0 Å². The third-order valence-electron chi connectivity index (χ3n) is 3.78. The number of nitrogens with zero attached hydrogens (tertiary/aromatic N) is 2. The van der Waals surface area contributed by atoms with E-state index < -0.39 is 0 Å². The highest BCUT2D eigenvalue weighted by Crippen LogP contribution is 2.10. The van der Waals surface area contributed by atoms with E-state index in [-0.39, 0.29) is 11.9 Å². The van der Waals surface area contributed by atoms with E-state index in [1.165, 1.54) is 0 Å². The zero-order valence-electron chi connectivity index (χ0n) is 11.3. The average Bonchev–Trinajstić information content (AvgIpc) is 2.39. The van der Waals surface area contributed by atoms with Crippen molar-refractivity contribution in [3.63, 3.8) is 0 Å². The van der Waals surface area contributed by atoms with Gasteiger partial charge >= 0.3 is 0 Å². The van der Waals surface area contributed by atoms with Crippen molar-refractivity contribution in [1.82, 2.24) is 15.1 Å². The van der Waals surface area contributed by atoms with Crippen LogP contribution in [0.15, 0.2) is 0 Å². The molecule has 0 saturated carbocycles. The summed E-state index contributed by atoms with van der Waals surface area (Å²) in [5.74, 6) is 0.101. The summed E-state index contributed by atoms with van der Waals surface area (Å²) >= 11 is 0. The number of carbonyl (C=O) groups is 1. The summed E-state index contributed by atoms with van der Waals surface area (Å²) in [6, 6.07) is 0.465. The Morgan fingerprint density at radius 3 is 2.24 bits per heavy atom. The summed E-state index contributed by atoms with van der Waals surface area (Å²) in [6.07, 6.45) is 1.10. The molecule has 17 heavy (non-hydrogen) atoms. The molecule has 0 aromatic rings. The van der Waals surface area contributed by atoms with Gasteiger partial charge in [0, 0.05) is 45.8 Å². The Morgan fingerprint density at radius 1 is 1.29 bits per heavy atom. The first kappa shape index (κ1) is 14.4. The summed E-state index contributed by atoms with van der Waals surface area (Å²) in [5.41, 5.74) is 5.76. The monoisotopic (exact) mass is 242 g/mol. The van der Waals surface area contributed by atoms with Crippen molar-refractivity contribution < 1.29 is 4.79 Å². The molecule has 1 rings (SSSR count). The van der Waals surface area contributed by atoms with Crippen LogP contribution in [0.1, 0.15) is 20.3 Å². The standard InChI is InChI=1S/C12H26N4O/c1-4-11(9-13)16-7-5-15(6-8-16)10(2)12(17)14-3/h10-11H,4-9,13H2,1-3H3,(H,14,17). The highest BCUT2D eigenvalue weighted by atomic mass is 16.2. The van der Waals surface area contributed by atoms with Crippen LogP contribution in [0.2, 0.25) is 0 Å².